The number of rotatable bonds is 1. The SMILES string of the molecule is O=C1CCN(c2ccc(C(F)(F)F)nc2)C1=O. The molecule has 0 aliphatic carbocycles. The lowest BCUT2D eigenvalue weighted by Crippen LogP contribution is -2.27. The molecule has 90 valence electrons. The topological polar surface area (TPSA) is 50.3 Å². The highest BCUT2D eigenvalue weighted by molar-refractivity contribution is 6.43. The molecule has 1 aromatic heterocycles. The van der Waals surface area contributed by atoms with Crippen molar-refractivity contribution in [2.45, 2.75) is 12.6 Å². The van der Waals surface area contributed by atoms with E-state index in [-0.39, 0.29) is 18.7 Å². The molecular formula is C10H7F3N2O2. The molecule has 1 fully saturated rings. The standard InChI is InChI=1S/C10H7F3N2O2/c11-10(12,13)8-2-1-6(5-14-8)15-4-3-7(16)9(15)17/h1-2,5H,3-4H2. The molecule has 1 saturated heterocycles. The van der Waals surface area contributed by atoms with Crippen LogP contribution in [0.3, 0.4) is 0 Å². The second-order valence-electron chi connectivity index (χ2n) is 3.53. The van der Waals surface area contributed by atoms with Crippen molar-refractivity contribution < 1.29 is 22.8 Å². The number of amides is 1. The van der Waals surface area contributed by atoms with Gasteiger partial charge >= 0.3 is 6.18 Å². The fourth-order valence-corrected chi connectivity index (χ4v) is 1.53. The molecule has 1 aromatic rings. The molecule has 2 heterocycles. The van der Waals surface area contributed by atoms with Crippen LogP contribution < -0.4 is 4.90 Å². The second kappa shape index (κ2) is 3.83. The summed E-state index contributed by atoms with van der Waals surface area (Å²) in [5.41, 5.74) is -0.826. The van der Waals surface area contributed by atoms with E-state index in [1.165, 1.54) is 0 Å². The van der Waals surface area contributed by atoms with Gasteiger partial charge in [0.25, 0.3) is 5.91 Å². The summed E-state index contributed by atoms with van der Waals surface area (Å²) in [5, 5.41) is 0. The predicted octanol–water partition coefficient (Wildman–Crippen LogP) is 1.41. The minimum atomic E-state index is -4.51. The summed E-state index contributed by atoms with van der Waals surface area (Å²) in [4.78, 5) is 26.7. The molecular weight excluding hydrogens is 237 g/mol. The molecule has 0 spiro atoms. The lowest BCUT2D eigenvalue weighted by Gasteiger charge is -2.14. The van der Waals surface area contributed by atoms with Gasteiger partial charge in [0, 0.05) is 13.0 Å². The van der Waals surface area contributed by atoms with Gasteiger partial charge in [-0.25, -0.2) is 4.98 Å². The summed E-state index contributed by atoms with van der Waals surface area (Å²) in [6, 6.07) is 1.91. The van der Waals surface area contributed by atoms with E-state index in [2.05, 4.69) is 4.98 Å². The Kier molecular flexibility index (Phi) is 2.60. The first-order valence-electron chi connectivity index (χ1n) is 4.77. The van der Waals surface area contributed by atoms with Gasteiger partial charge in [-0.05, 0) is 12.1 Å². The number of halogens is 3. The fourth-order valence-electron chi connectivity index (χ4n) is 1.53. The van der Waals surface area contributed by atoms with Gasteiger partial charge < -0.3 is 4.90 Å². The number of hydrogen-bond acceptors (Lipinski definition) is 3. The first-order chi connectivity index (χ1) is 7.89. The fraction of sp³-hybridized carbons (Fsp3) is 0.300. The van der Waals surface area contributed by atoms with Crippen LogP contribution in [0, 0.1) is 0 Å². The number of pyridine rings is 1. The number of ketones is 1. The highest BCUT2D eigenvalue weighted by Crippen LogP contribution is 2.29. The molecule has 1 aliphatic heterocycles. The Hall–Kier alpha value is -1.92. The molecule has 4 nitrogen and oxygen atoms in total. The zero-order valence-corrected chi connectivity index (χ0v) is 8.49. The molecule has 0 bridgehead atoms. The highest BCUT2D eigenvalue weighted by atomic mass is 19.4. The molecule has 0 atom stereocenters. The number of nitrogens with zero attached hydrogens (tertiary/aromatic N) is 2. The van der Waals surface area contributed by atoms with Gasteiger partial charge in [-0.15, -0.1) is 0 Å². The normalized spacial score (nSPS) is 16.8. The number of carbonyl (C=O) groups excluding carboxylic acids is 2. The van der Waals surface area contributed by atoms with Crippen LogP contribution in [-0.2, 0) is 15.8 Å². The largest absolute Gasteiger partial charge is 0.433 e. The van der Waals surface area contributed by atoms with Crippen LogP contribution in [0.4, 0.5) is 18.9 Å². The van der Waals surface area contributed by atoms with E-state index in [9.17, 15) is 22.8 Å². The number of alkyl halides is 3. The molecule has 0 saturated carbocycles. The van der Waals surface area contributed by atoms with Gasteiger partial charge in [-0.2, -0.15) is 13.2 Å². The maximum absolute atomic E-state index is 12.2. The van der Waals surface area contributed by atoms with E-state index in [0.29, 0.717) is 0 Å². The Morgan fingerprint density at radius 2 is 1.94 bits per heavy atom. The first-order valence-corrected chi connectivity index (χ1v) is 4.77. The van der Waals surface area contributed by atoms with Gasteiger partial charge in [-0.3, -0.25) is 9.59 Å². The molecule has 0 unspecified atom stereocenters. The summed E-state index contributed by atoms with van der Waals surface area (Å²) < 4.78 is 36.7. The Morgan fingerprint density at radius 1 is 1.24 bits per heavy atom. The molecule has 1 aliphatic rings. The van der Waals surface area contributed by atoms with Crippen LogP contribution in [0.5, 0.6) is 0 Å². The summed E-state index contributed by atoms with van der Waals surface area (Å²) >= 11 is 0. The van der Waals surface area contributed by atoms with Crippen LogP contribution in [-0.4, -0.2) is 23.2 Å². The van der Waals surface area contributed by atoms with Gasteiger partial charge in [0.2, 0.25) is 5.78 Å². The van der Waals surface area contributed by atoms with E-state index in [1.807, 2.05) is 0 Å². The quantitative estimate of drug-likeness (QED) is 0.702. The molecule has 2 rings (SSSR count). The Morgan fingerprint density at radius 3 is 2.35 bits per heavy atom. The van der Waals surface area contributed by atoms with Gasteiger partial charge in [0.05, 0.1) is 11.9 Å². The van der Waals surface area contributed by atoms with E-state index in [0.717, 1.165) is 23.2 Å². The van der Waals surface area contributed by atoms with Crippen molar-refractivity contribution in [3.63, 3.8) is 0 Å². The Bertz CT molecular complexity index is 467. The lowest BCUT2D eigenvalue weighted by molar-refractivity contribution is -0.141. The number of anilines is 1. The van der Waals surface area contributed by atoms with Crippen molar-refractivity contribution in [3.8, 4) is 0 Å². The van der Waals surface area contributed by atoms with Gasteiger partial charge in [0.1, 0.15) is 5.69 Å². The summed E-state index contributed by atoms with van der Waals surface area (Å²) in [5.74, 6) is -1.24. The van der Waals surface area contributed by atoms with Crippen LogP contribution in [0.25, 0.3) is 0 Å². The number of carbonyl (C=O) groups is 2. The van der Waals surface area contributed by atoms with E-state index in [4.69, 9.17) is 0 Å². The predicted molar refractivity (Wildman–Crippen MR) is 51.2 cm³/mol. The molecule has 1 amide bonds. The minimum absolute atomic E-state index is 0.0832. The summed E-state index contributed by atoms with van der Waals surface area (Å²) in [6.07, 6.45) is -3.48. The zero-order valence-electron chi connectivity index (χ0n) is 8.49. The number of Topliss-reactive ketones (excluding diaryl/α,β-unsaturated/α-hetero) is 1. The smallest absolute Gasteiger partial charge is 0.304 e. The summed E-state index contributed by atoms with van der Waals surface area (Å²) in [7, 11) is 0. The van der Waals surface area contributed by atoms with Crippen molar-refractivity contribution in [1.29, 1.82) is 0 Å². The number of aromatic nitrogens is 1. The third kappa shape index (κ3) is 2.13. The van der Waals surface area contributed by atoms with Crippen molar-refractivity contribution in [3.05, 3.63) is 24.0 Å². The molecule has 7 heteroatoms. The average molecular weight is 244 g/mol. The number of hydrogen-bond donors (Lipinski definition) is 0. The van der Waals surface area contributed by atoms with Gasteiger partial charge in [0.15, 0.2) is 0 Å². The maximum atomic E-state index is 12.2. The van der Waals surface area contributed by atoms with Crippen molar-refractivity contribution in [1.82, 2.24) is 4.98 Å². The minimum Gasteiger partial charge on any atom is -0.304 e. The van der Waals surface area contributed by atoms with E-state index >= 15 is 0 Å². The zero-order chi connectivity index (χ0) is 12.6. The third-order valence-corrected chi connectivity index (χ3v) is 2.40. The van der Waals surface area contributed by atoms with Crippen molar-refractivity contribution in [2.24, 2.45) is 0 Å². The Labute approximate surface area is 94.0 Å². The van der Waals surface area contributed by atoms with Crippen LogP contribution in [0.15, 0.2) is 18.3 Å². The summed E-state index contributed by atoms with van der Waals surface area (Å²) in [6.45, 7) is 0.185. The molecule has 0 aromatic carbocycles. The van der Waals surface area contributed by atoms with Crippen molar-refractivity contribution >= 4 is 17.4 Å². The molecule has 17 heavy (non-hydrogen) atoms. The van der Waals surface area contributed by atoms with E-state index in [1.54, 1.807) is 0 Å². The average Bonchev–Trinajstić information content (AvgIpc) is 2.59. The van der Waals surface area contributed by atoms with Crippen LogP contribution in [0.2, 0.25) is 0 Å². The third-order valence-electron chi connectivity index (χ3n) is 2.40. The van der Waals surface area contributed by atoms with Gasteiger partial charge in [-0.1, -0.05) is 0 Å². The van der Waals surface area contributed by atoms with Crippen molar-refractivity contribution in [2.75, 3.05) is 11.4 Å². The molecule has 0 radical (unpaired) electrons. The van der Waals surface area contributed by atoms with Crippen LogP contribution >= 0.6 is 0 Å². The monoisotopic (exact) mass is 244 g/mol. The van der Waals surface area contributed by atoms with Crippen LogP contribution in [0.1, 0.15) is 12.1 Å². The first kappa shape index (κ1) is 11.6. The molecule has 0 N–H and O–H groups in total. The highest BCUT2D eigenvalue weighted by Gasteiger charge is 2.34. The van der Waals surface area contributed by atoms with E-state index < -0.39 is 23.6 Å². The lowest BCUT2D eigenvalue weighted by atomic mass is 10.3. The maximum Gasteiger partial charge on any atom is 0.433 e. The second-order valence-corrected chi connectivity index (χ2v) is 3.53. The Balaban J connectivity index is 2.25.